The molecule has 5 rings (SSSR count). The van der Waals surface area contributed by atoms with Crippen LogP contribution in [0.1, 0.15) is 28.3 Å². The zero-order chi connectivity index (χ0) is 20.3. The van der Waals surface area contributed by atoms with Crippen LogP contribution in [0.5, 0.6) is 0 Å². The molecular weight excluding hydrogens is 404 g/mol. The van der Waals surface area contributed by atoms with Crippen LogP contribution in [0.4, 0.5) is 0 Å². The van der Waals surface area contributed by atoms with Gasteiger partial charge in [0.25, 0.3) is 0 Å². The Kier molecular flexibility index (Phi) is 3.43. The van der Waals surface area contributed by atoms with Crippen LogP contribution >= 0.6 is 22.7 Å². The van der Waals surface area contributed by atoms with Crippen LogP contribution in [0.15, 0.2) is 6.07 Å². The molecular formula is C19H4N8S2. The standard InChI is InChI=1S/C19H4N8S2/c1-7-14-13(28-19-16(14)25-10(4-21)12(6-23)27-19)2-8-15-18(29-17(7)8)26-11(5-22)9(3-20)24-15/h2H,1H3. The lowest BCUT2D eigenvalue weighted by Crippen LogP contribution is -1.93. The molecule has 132 valence electrons. The molecule has 0 aliphatic heterocycles. The Morgan fingerprint density at radius 2 is 1.24 bits per heavy atom. The highest BCUT2D eigenvalue weighted by molar-refractivity contribution is 7.27. The van der Waals surface area contributed by atoms with E-state index in [9.17, 15) is 21.0 Å². The minimum atomic E-state index is -0.00514. The summed E-state index contributed by atoms with van der Waals surface area (Å²) in [5.41, 5.74) is 2.07. The summed E-state index contributed by atoms with van der Waals surface area (Å²) in [6, 6.07) is 9.60. The van der Waals surface area contributed by atoms with Crippen molar-refractivity contribution in [3.05, 3.63) is 34.4 Å². The molecule has 8 nitrogen and oxygen atoms in total. The molecule has 0 N–H and O–H groups in total. The molecule has 0 atom stereocenters. The zero-order valence-electron chi connectivity index (χ0n) is 14.5. The molecule has 4 heterocycles. The first-order valence-corrected chi connectivity index (χ1v) is 9.71. The molecule has 0 saturated carbocycles. The first-order valence-electron chi connectivity index (χ1n) is 8.08. The Morgan fingerprint density at radius 3 is 1.83 bits per heavy atom. The van der Waals surface area contributed by atoms with Gasteiger partial charge in [0, 0.05) is 20.2 Å². The third-order valence-corrected chi connectivity index (χ3v) is 6.76. The molecule has 10 heteroatoms. The molecule has 29 heavy (non-hydrogen) atoms. The fraction of sp³-hybridized carbons (Fsp3) is 0.0526. The Hall–Kier alpha value is -4.22. The van der Waals surface area contributed by atoms with E-state index in [0.717, 1.165) is 25.7 Å². The van der Waals surface area contributed by atoms with Gasteiger partial charge in [-0.25, -0.2) is 19.9 Å². The lowest BCUT2D eigenvalue weighted by molar-refractivity contribution is 1.21. The highest BCUT2D eigenvalue weighted by Gasteiger charge is 2.20. The van der Waals surface area contributed by atoms with E-state index in [1.807, 2.05) is 37.3 Å². The second-order valence-corrected chi connectivity index (χ2v) is 8.08. The Bertz CT molecular complexity index is 1690. The Balaban J connectivity index is 1.96. The van der Waals surface area contributed by atoms with Gasteiger partial charge in [-0.1, -0.05) is 0 Å². The number of hydrogen-bond donors (Lipinski definition) is 0. The van der Waals surface area contributed by atoms with E-state index >= 15 is 0 Å². The summed E-state index contributed by atoms with van der Waals surface area (Å²) in [6.07, 6.45) is 0. The molecule has 0 spiro atoms. The van der Waals surface area contributed by atoms with Gasteiger partial charge in [-0.15, -0.1) is 22.7 Å². The van der Waals surface area contributed by atoms with Crippen LogP contribution in [0.25, 0.3) is 40.9 Å². The molecule has 0 saturated heterocycles. The van der Waals surface area contributed by atoms with Gasteiger partial charge < -0.3 is 0 Å². The molecule has 0 unspecified atom stereocenters. The van der Waals surface area contributed by atoms with Gasteiger partial charge in [0.05, 0.1) is 0 Å². The van der Waals surface area contributed by atoms with E-state index in [0.29, 0.717) is 20.7 Å². The number of rotatable bonds is 0. The second-order valence-electron chi connectivity index (χ2n) is 6.05. The monoisotopic (exact) mass is 408 g/mol. The van der Waals surface area contributed by atoms with E-state index in [4.69, 9.17) is 0 Å². The summed E-state index contributed by atoms with van der Waals surface area (Å²) in [4.78, 5) is 18.5. The maximum Gasteiger partial charge on any atom is 0.178 e. The third-order valence-electron chi connectivity index (χ3n) is 4.53. The summed E-state index contributed by atoms with van der Waals surface area (Å²) >= 11 is 2.76. The Labute approximate surface area is 170 Å². The maximum absolute atomic E-state index is 9.29. The first kappa shape index (κ1) is 16.9. The van der Waals surface area contributed by atoms with Gasteiger partial charge in [-0.3, -0.25) is 0 Å². The van der Waals surface area contributed by atoms with Crippen LogP contribution in [-0.2, 0) is 0 Å². The van der Waals surface area contributed by atoms with E-state index in [-0.39, 0.29) is 22.8 Å². The highest BCUT2D eigenvalue weighted by Crippen LogP contribution is 2.42. The number of aryl methyl sites for hydroxylation is 1. The van der Waals surface area contributed by atoms with Gasteiger partial charge in [0.1, 0.15) is 45.0 Å². The normalized spacial score (nSPS) is 10.8. The van der Waals surface area contributed by atoms with Crippen molar-refractivity contribution in [2.75, 3.05) is 0 Å². The van der Waals surface area contributed by atoms with Gasteiger partial charge in [0.2, 0.25) is 0 Å². The molecule has 0 aliphatic carbocycles. The van der Waals surface area contributed by atoms with Gasteiger partial charge in [-0.05, 0) is 18.6 Å². The molecule has 5 aromatic rings. The van der Waals surface area contributed by atoms with E-state index in [1.165, 1.54) is 22.7 Å². The van der Waals surface area contributed by atoms with Crippen molar-refractivity contribution < 1.29 is 0 Å². The smallest absolute Gasteiger partial charge is 0.178 e. The van der Waals surface area contributed by atoms with Crippen LogP contribution in [-0.4, -0.2) is 19.9 Å². The van der Waals surface area contributed by atoms with Gasteiger partial charge >= 0.3 is 0 Å². The van der Waals surface area contributed by atoms with Gasteiger partial charge in [-0.2, -0.15) is 21.0 Å². The molecule has 0 amide bonds. The highest BCUT2D eigenvalue weighted by atomic mass is 32.1. The van der Waals surface area contributed by atoms with Crippen molar-refractivity contribution in [2.45, 2.75) is 6.92 Å². The molecule has 4 aromatic heterocycles. The quantitative estimate of drug-likeness (QED) is 0.376. The van der Waals surface area contributed by atoms with E-state index in [2.05, 4.69) is 19.9 Å². The van der Waals surface area contributed by atoms with Crippen molar-refractivity contribution in [3.63, 3.8) is 0 Å². The maximum atomic E-state index is 9.29. The predicted molar refractivity (Wildman–Crippen MR) is 107 cm³/mol. The average Bonchev–Trinajstić information content (AvgIpc) is 3.29. The number of hydrogen-bond acceptors (Lipinski definition) is 10. The number of nitriles is 4. The molecule has 0 fully saturated rings. The first-order chi connectivity index (χ1) is 14.1. The number of aromatic nitrogens is 4. The number of thiophene rings is 2. The largest absolute Gasteiger partial charge is 0.231 e. The fourth-order valence-corrected chi connectivity index (χ4v) is 5.51. The van der Waals surface area contributed by atoms with Crippen molar-refractivity contribution >= 4 is 63.5 Å². The lowest BCUT2D eigenvalue weighted by atomic mass is 10.1. The SMILES string of the molecule is Cc1c2sc3nc(C#N)c(C#N)nc3c2cc2sc3nc(C#N)c(C#N)nc3c12. The summed E-state index contributed by atoms with van der Waals surface area (Å²) in [6.45, 7) is 1.94. The van der Waals surface area contributed by atoms with Crippen LogP contribution in [0.3, 0.4) is 0 Å². The summed E-state index contributed by atoms with van der Waals surface area (Å²) < 4.78 is 1.80. The van der Waals surface area contributed by atoms with E-state index < -0.39 is 0 Å². The van der Waals surface area contributed by atoms with Gasteiger partial charge in [0.15, 0.2) is 22.8 Å². The topological polar surface area (TPSA) is 147 Å². The summed E-state index contributed by atoms with van der Waals surface area (Å²) in [5.74, 6) is 0. The second kappa shape index (κ2) is 5.89. The zero-order valence-corrected chi connectivity index (χ0v) is 16.1. The van der Waals surface area contributed by atoms with Crippen LogP contribution in [0, 0.1) is 52.2 Å². The average molecular weight is 408 g/mol. The Morgan fingerprint density at radius 1 is 0.724 bits per heavy atom. The van der Waals surface area contributed by atoms with Crippen molar-refractivity contribution in [2.24, 2.45) is 0 Å². The lowest BCUT2D eigenvalue weighted by Gasteiger charge is -2.00. The van der Waals surface area contributed by atoms with Crippen molar-refractivity contribution in [1.29, 1.82) is 21.0 Å². The fourth-order valence-electron chi connectivity index (χ4n) is 3.28. The predicted octanol–water partition coefficient (Wildman–Crippen LogP) is 3.80. The number of benzene rings is 1. The molecule has 0 aliphatic rings. The minimum absolute atomic E-state index is 0.00352. The summed E-state index contributed by atoms with van der Waals surface area (Å²) in [5, 5.41) is 38.7. The van der Waals surface area contributed by atoms with E-state index in [1.54, 1.807) is 0 Å². The molecule has 0 bridgehead atoms. The molecule has 1 aromatic carbocycles. The third kappa shape index (κ3) is 2.19. The molecule has 0 radical (unpaired) electrons. The summed E-state index contributed by atoms with van der Waals surface area (Å²) in [7, 11) is 0. The van der Waals surface area contributed by atoms with Crippen LogP contribution < -0.4 is 0 Å². The van der Waals surface area contributed by atoms with Crippen LogP contribution in [0.2, 0.25) is 0 Å². The van der Waals surface area contributed by atoms with Crippen molar-refractivity contribution in [3.8, 4) is 24.3 Å². The number of nitrogens with zero attached hydrogens (tertiary/aromatic N) is 8. The minimum Gasteiger partial charge on any atom is -0.231 e. The van der Waals surface area contributed by atoms with Crippen molar-refractivity contribution in [1.82, 2.24) is 19.9 Å². The number of fused-ring (bicyclic) bond motifs is 6.